The Balaban J connectivity index is 1.38. The van der Waals surface area contributed by atoms with Crippen LogP contribution < -0.4 is 15.0 Å². The van der Waals surface area contributed by atoms with E-state index in [4.69, 9.17) is 9.84 Å². The number of phenols is 1. The highest BCUT2D eigenvalue weighted by molar-refractivity contribution is 6.06. The first-order valence-electron chi connectivity index (χ1n) is 10.4. The highest BCUT2D eigenvalue weighted by atomic mass is 16.5. The lowest BCUT2D eigenvalue weighted by Crippen LogP contribution is -2.32. The van der Waals surface area contributed by atoms with Gasteiger partial charge in [0.1, 0.15) is 11.5 Å². The van der Waals surface area contributed by atoms with E-state index in [1.807, 2.05) is 35.2 Å². The maximum Gasteiger partial charge on any atom is 0.335 e. The van der Waals surface area contributed by atoms with Gasteiger partial charge in [-0.25, -0.2) is 4.79 Å². The van der Waals surface area contributed by atoms with Gasteiger partial charge in [-0.15, -0.1) is 0 Å². The number of rotatable bonds is 4. The lowest BCUT2D eigenvalue weighted by molar-refractivity contribution is 0.0696. The summed E-state index contributed by atoms with van der Waals surface area (Å²) in [4.78, 5) is 25.9. The Labute approximate surface area is 189 Å². The third-order valence-corrected chi connectivity index (χ3v) is 5.69. The van der Waals surface area contributed by atoms with Gasteiger partial charge in [0.2, 0.25) is 0 Å². The Morgan fingerprint density at radius 1 is 0.909 bits per heavy atom. The summed E-state index contributed by atoms with van der Waals surface area (Å²) >= 11 is 0. The second-order valence-corrected chi connectivity index (χ2v) is 7.78. The van der Waals surface area contributed by atoms with Crippen LogP contribution in [0.2, 0.25) is 0 Å². The van der Waals surface area contributed by atoms with Crippen LogP contribution in [0.25, 0.3) is 10.8 Å². The molecule has 1 aliphatic heterocycles. The maximum absolute atomic E-state index is 12.8. The molecule has 0 unspecified atom stereocenters. The SMILES string of the molecule is O=C(O)c1ccc(NC(=O)c2cccc(N3COc4ccc5ccccc5c4C3)c2)c(O)c1. The number of nitrogens with one attached hydrogen (secondary N) is 1. The van der Waals surface area contributed by atoms with Gasteiger partial charge in [-0.1, -0.05) is 36.4 Å². The number of benzene rings is 4. The number of phenolic OH excluding ortho intramolecular Hbond substituents is 1. The summed E-state index contributed by atoms with van der Waals surface area (Å²) in [5, 5.41) is 24.0. The number of carbonyl (C=O) groups excluding carboxylic acids is 1. The molecule has 7 nitrogen and oxygen atoms in total. The highest BCUT2D eigenvalue weighted by Crippen LogP contribution is 2.34. The molecule has 5 rings (SSSR count). The lowest BCUT2D eigenvalue weighted by atomic mass is 10.0. The summed E-state index contributed by atoms with van der Waals surface area (Å²) in [6.07, 6.45) is 0. The molecule has 1 amide bonds. The van der Waals surface area contributed by atoms with E-state index in [9.17, 15) is 14.7 Å². The van der Waals surface area contributed by atoms with Gasteiger partial charge in [0.25, 0.3) is 5.91 Å². The fraction of sp³-hybridized carbons (Fsp3) is 0.0769. The van der Waals surface area contributed by atoms with Crippen molar-refractivity contribution in [3.8, 4) is 11.5 Å². The zero-order valence-corrected chi connectivity index (χ0v) is 17.5. The van der Waals surface area contributed by atoms with Crippen molar-refractivity contribution in [3.63, 3.8) is 0 Å². The van der Waals surface area contributed by atoms with E-state index in [0.717, 1.165) is 33.8 Å². The third-order valence-electron chi connectivity index (χ3n) is 5.69. The van der Waals surface area contributed by atoms with Crippen LogP contribution in [-0.2, 0) is 6.54 Å². The number of aromatic carboxylic acids is 1. The smallest absolute Gasteiger partial charge is 0.335 e. The van der Waals surface area contributed by atoms with Gasteiger partial charge in [-0.2, -0.15) is 0 Å². The van der Waals surface area contributed by atoms with Gasteiger partial charge in [0, 0.05) is 16.8 Å². The lowest BCUT2D eigenvalue weighted by Gasteiger charge is -2.31. The molecule has 0 saturated carbocycles. The van der Waals surface area contributed by atoms with Crippen LogP contribution in [0.5, 0.6) is 11.5 Å². The van der Waals surface area contributed by atoms with Crippen molar-refractivity contribution < 1.29 is 24.5 Å². The molecule has 0 saturated heterocycles. The molecule has 4 aromatic rings. The third kappa shape index (κ3) is 3.92. The fourth-order valence-corrected chi connectivity index (χ4v) is 3.97. The number of ether oxygens (including phenoxy) is 1. The minimum atomic E-state index is -1.16. The number of hydrogen-bond acceptors (Lipinski definition) is 5. The van der Waals surface area contributed by atoms with E-state index in [0.29, 0.717) is 18.8 Å². The first-order valence-corrected chi connectivity index (χ1v) is 10.4. The summed E-state index contributed by atoms with van der Waals surface area (Å²) in [5.41, 5.74) is 2.39. The van der Waals surface area contributed by atoms with Gasteiger partial charge in [-0.3, -0.25) is 4.79 Å². The highest BCUT2D eigenvalue weighted by Gasteiger charge is 2.21. The first-order chi connectivity index (χ1) is 16.0. The van der Waals surface area contributed by atoms with Gasteiger partial charge < -0.3 is 25.2 Å². The van der Waals surface area contributed by atoms with Crippen LogP contribution in [-0.4, -0.2) is 28.8 Å². The van der Waals surface area contributed by atoms with Crippen molar-refractivity contribution in [1.82, 2.24) is 0 Å². The standard InChI is InChI=1S/C26H20N2O5/c29-23-13-18(26(31)32)8-10-22(23)27-25(30)17-5-3-6-19(12-17)28-14-21-20-7-2-1-4-16(20)9-11-24(21)33-15-28/h1-13,29H,14-15H2,(H,27,30)(H,31,32). The quantitative estimate of drug-likeness (QED) is 0.392. The topological polar surface area (TPSA) is 99.1 Å². The van der Waals surface area contributed by atoms with Crippen molar-refractivity contribution in [2.24, 2.45) is 0 Å². The molecule has 0 bridgehead atoms. The molecule has 3 N–H and O–H groups in total. The van der Waals surface area contributed by atoms with Crippen LogP contribution in [0, 0.1) is 0 Å². The van der Waals surface area contributed by atoms with Crippen LogP contribution in [0.4, 0.5) is 11.4 Å². The number of hydrogen-bond donors (Lipinski definition) is 3. The summed E-state index contributed by atoms with van der Waals surface area (Å²) in [7, 11) is 0. The zero-order valence-electron chi connectivity index (χ0n) is 17.5. The molecule has 0 fully saturated rings. The molecule has 0 aromatic heterocycles. The van der Waals surface area contributed by atoms with Crippen molar-refractivity contribution in [1.29, 1.82) is 0 Å². The molecule has 7 heteroatoms. The van der Waals surface area contributed by atoms with Crippen LogP contribution in [0.3, 0.4) is 0 Å². The summed E-state index contributed by atoms with van der Waals surface area (Å²) in [5.74, 6) is -1.03. The van der Waals surface area contributed by atoms with Crippen molar-refractivity contribution in [2.45, 2.75) is 6.54 Å². The number of anilines is 2. The molecular weight excluding hydrogens is 420 g/mol. The molecular formula is C26H20N2O5. The Morgan fingerprint density at radius 3 is 2.58 bits per heavy atom. The fourth-order valence-electron chi connectivity index (χ4n) is 3.97. The summed E-state index contributed by atoms with van der Waals surface area (Å²) < 4.78 is 5.99. The number of carboxylic acids is 1. The normalized spacial score (nSPS) is 12.7. The molecule has 1 heterocycles. The average Bonchev–Trinajstić information content (AvgIpc) is 2.84. The Kier molecular flexibility index (Phi) is 5.06. The molecule has 0 radical (unpaired) electrons. The van der Waals surface area contributed by atoms with Crippen molar-refractivity contribution in [2.75, 3.05) is 16.9 Å². The molecule has 0 spiro atoms. The summed E-state index contributed by atoms with van der Waals surface area (Å²) in [6.45, 7) is 0.993. The molecule has 0 atom stereocenters. The van der Waals surface area contributed by atoms with E-state index in [1.54, 1.807) is 18.2 Å². The van der Waals surface area contributed by atoms with E-state index in [2.05, 4.69) is 17.4 Å². The number of carboxylic acid groups (broad SMARTS) is 1. The Hall–Kier alpha value is -4.52. The molecule has 1 aliphatic rings. The Morgan fingerprint density at radius 2 is 1.76 bits per heavy atom. The second-order valence-electron chi connectivity index (χ2n) is 7.78. The minimum absolute atomic E-state index is 0.0644. The predicted octanol–water partition coefficient (Wildman–Crippen LogP) is 4.85. The zero-order chi connectivity index (χ0) is 22.9. The number of nitrogens with zero attached hydrogens (tertiary/aromatic N) is 1. The second kappa shape index (κ2) is 8.20. The number of aromatic hydroxyl groups is 1. The van der Waals surface area contributed by atoms with Gasteiger partial charge in [0.15, 0.2) is 6.73 Å². The monoisotopic (exact) mass is 440 g/mol. The Bertz CT molecular complexity index is 1400. The summed E-state index contributed by atoms with van der Waals surface area (Å²) in [6, 6.07) is 23.1. The van der Waals surface area contributed by atoms with Crippen molar-refractivity contribution in [3.05, 3.63) is 95.6 Å². The number of amides is 1. The van der Waals surface area contributed by atoms with E-state index in [1.165, 1.54) is 12.1 Å². The van der Waals surface area contributed by atoms with Gasteiger partial charge >= 0.3 is 5.97 Å². The van der Waals surface area contributed by atoms with Crippen LogP contribution in [0.15, 0.2) is 78.9 Å². The van der Waals surface area contributed by atoms with Gasteiger partial charge in [0.05, 0.1) is 17.8 Å². The molecule has 164 valence electrons. The van der Waals surface area contributed by atoms with Gasteiger partial charge in [-0.05, 0) is 53.2 Å². The average molecular weight is 440 g/mol. The van der Waals surface area contributed by atoms with E-state index in [-0.39, 0.29) is 17.0 Å². The first kappa shape index (κ1) is 20.4. The van der Waals surface area contributed by atoms with E-state index >= 15 is 0 Å². The number of fused-ring (bicyclic) bond motifs is 3. The maximum atomic E-state index is 12.8. The number of carbonyl (C=O) groups is 2. The molecule has 33 heavy (non-hydrogen) atoms. The largest absolute Gasteiger partial charge is 0.506 e. The predicted molar refractivity (Wildman–Crippen MR) is 125 cm³/mol. The van der Waals surface area contributed by atoms with Crippen molar-refractivity contribution >= 4 is 34.0 Å². The van der Waals surface area contributed by atoms with Crippen LogP contribution >= 0.6 is 0 Å². The minimum Gasteiger partial charge on any atom is -0.506 e. The molecule has 4 aromatic carbocycles. The van der Waals surface area contributed by atoms with Crippen LogP contribution in [0.1, 0.15) is 26.3 Å². The van der Waals surface area contributed by atoms with E-state index < -0.39 is 11.9 Å². The molecule has 0 aliphatic carbocycles.